The van der Waals surface area contributed by atoms with Gasteiger partial charge in [-0.1, -0.05) is 0 Å². The quantitative estimate of drug-likeness (QED) is 0.155. The number of benzene rings is 4. The average Bonchev–Trinajstić information content (AvgIpc) is 3.64. The summed E-state index contributed by atoms with van der Waals surface area (Å²) in [5.41, 5.74) is 15.6. The summed E-state index contributed by atoms with van der Waals surface area (Å²) >= 11 is -3.19. The molecule has 50 heavy (non-hydrogen) atoms. The molecule has 0 nitrogen and oxygen atoms in total. The van der Waals surface area contributed by atoms with Crippen LogP contribution in [-0.4, -0.2) is 16.1 Å². The van der Waals surface area contributed by atoms with Gasteiger partial charge in [-0.3, -0.25) is 0 Å². The number of hydrogen-bond donors (Lipinski definition) is 0. The molecule has 7 rings (SSSR count). The molecular formula is C47H60HfSi2. The molecule has 3 aliphatic rings. The molecule has 4 aromatic rings. The Bertz CT molecular complexity index is 1850. The fourth-order valence-corrected chi connectivity index (χ4v) is 29.8. The molecule has 0 bridgehead atoms. The number of rotatable bonds is 8. The molecule has 1 aliphatic heterocycles. The van der Waals surface area contributed by atoms with E-state index in [2.05, 4.69) is 173 Å². The van der Waals surface area contributed by atoms with E-state index in [0.717, 1.165) is 0 Å². The molecule has 1 saturated heterocycles. The second-order valence-corrected chi connectivity index (χ2v) is 46.8. The fourth-order valence-electron chi connectivity index (χ4n) is 10.3. The molecule has 4 aromatic carbocycles. The van der Waals surface area contributed by atoms with E-state index < -0.39 is 36.1 Å². The van der Waals surface area contributed by atoms with Gasteiger partial charge in [-0.15, -0.1) is 0 Å². The Hall–Kier alpha value is -2.34. The third-order valence-electron chi connectivity index (χ3n) is 12.4. The van der Waals surface area contributed by atoms with Crippen molar-refractivity contribution in [2.24, 2.45) is 17.3 Å². The Morgan fingerprint density at radius 2 is 0.900 bits per heavy atom. The van der Waals surface area contributed by atoms with Gasteiger partial charge in [0.1, 0.15) is 0 Å². The van der Waals surface area contributed by atoms with Gasteiger partial charge in [0.15, 0.2) is 0 Å². The zero-order valence-corrected chi connectivity index (χ0v) is 38.6. The van der Waals surface area contributed by atoms with Crippen LogP contribution in [0, 0.1) is 17.3 Å². The Morgan fingerprint density at radius 1 is 0.540 bits per heavy atom. The van der Waals surface area contributed by atoms with Crippen molar-refractivity contribution in [3.63, 3.8) is 0 Å². The molecule has 2 unspecified atom stereocenters. The molecule has 2 atom stereocenters. The average molecular weight is 860 g/mol. The van der Waals surface area contributed by atoms with Crippen LogP contribution in [0.25, 0.3) is 34.4 Å². The molecule has 0 amide bonds. The summed E-state index contributed by atoms with van der Waals surface area (Å²) in [6.45, 7) is 24.6. The van der Waals surface area contributed by atoms with Crippen molar-refractivity contribution in [2.75, 3.05) is 0 Å². The molecule has 2 aliphatic carbocycles. The summed E-state index contributed by atoms with van der Waals surface area (Å²) in [4.78, 5) is 0. The second kappa shape index (κ2) is 12.7. The molecule has 3 heteroatoms. The molecular weight excluding hydrogens is 799 g/mol. The van der Waals surface area contributed by atoms with Crippen molar-refractivity contribution in [3.8, 4) is 22.3 Å². The van der Waals surface area contributed by atoms with E-state index in [0.29, 0.717) is 19.2 Å². The maximum absolute atomic E-state index is 3.19. The van der Waals surface area contributed by atoms with Gasteiger partial charge >= 0.3 is 313 Å². The first-order valence-electron chi connectivity index (χ1n) is 19.4. The molecule has 0 saturated carbocycles. The van der Waals surface area contributed by atoms with E-state index in [1.807, 2.05) is 0 Å². The van der Waals surface area contributed by atoms with Gasteiger partial charge < -0.3 is 0 Å². The summed E-state index contributed by atoms with van der Waals surface area (Å²) in [5, 5.41) is 3.08. The van der Waals surface area contributed by atoms with Crippen LogP contribution >= 0.6 is 0 Å². The van der Waals surface area contributed by atoms with Gasteiger partial charge in [-0.05, 0) is 0 Å². The SMILES string of the molecule is CC(C)CC1(CC(C)C)C2=Cc3c(-c4ccc([Si](C)(C)C)cc4)cccc3[CH]2[Hf]([CH3])([CH3])[CH]2C1=Cc1c(-c3ccc([Si](C)(C)C)cc3)cccc12. The minimum atomic E-state index is -3.19. The zero-order chi connectivity index (χ0) is 36.0. The first kappa shape index (κ1) is 36.0. The summed E-state index contributed by atoms with van der Waals surface area (Å²) < 4.78 is 6.83. The van der Waals surface area contributed by atoms with E-state index in [-0.39, 0.29) is 5.41 Å². The van der Waals surface area contributed by atoms with Gasteiger partial charge in [0.05, 0.1) is 0 Å². The van der Waals surface area contributed by atoms with Crippen LogP contribution in [0.2, 0.25) is 48.6 Å². The second-order valence-electron chi connectivity index (χ2n) is 19.4. The molecule has 0 N–H and O–H groups in total. The van der Waals surface area contributed by atoms with Gasteiger partial charge in [0.2, 0.25) is 0 Å². The maximum atomic E-state index is 2.81. The molecule has 1 heterocycles. The Kier molecular flexibility index (Phi) is 9.13. The van der Waals surface area contributed by atoms with Crippen LogP contribution in [-0.2, 0) is 20.0 Å². The minimum absolute atomic E-state index is 0.0726. The number of hydrogen-bond acceptors (Lipinski definition) is 0. The van der Waals surface area contributed by atoms with Crippen molar-refractivity contribution in [3.05, 3.63) is 118 Å². The third-order valence-corrected chi connectivity index (χ3v) is 31.6. The Balaban J connectivity index is 1.44. The zero-order valence-electron chi connectivity index (χ0n) is 33.0. The first-order chi connectivity index (χ1) is 23.4. The van der Waals surface area contributed by atoms with E-state index in [4.69, 9.17) is 0 Å². The Morgan fingerprint density at radius 3 is 1.22 bits per heavy atom. The molecule has 0 spiro atoms. The van der Waals surface area contributed by atoms with Gasteiger partial charge in [-0.2, -0.15) is 0 Å². The van der Waals surface area contributed by atoms with Crippen LogP contribution in [0.1, 0.15) is 70.1 Å². The summed E-state index contributed by atoms with van der Waals surface area (Å²) in [6.07, 6.45) is 7.96. The van der Waals surface area contributed by atoms with Gasteiger partial charge in [0.25, 0.3) is 0 Å². The van der Waals surface area contributed by atoms with E-state index in [1.54, 1.807) is 22.3 Å². The fraction of sp³-hybridized carbons (Fsp3) is 0.404. The number of fused-ring (bicyclic) bond motifs is 6. The monoisotopic (exact) mass is 860 g/mol. The van der Waals surface area contributed by atoms with E-state index in [9.17, 15) is 0 Å². The van der Waals surface area contributed by atoms with Crippen LogP contribution in [0.5, 0.6) is 0 Å². The Labute approximate surface area is 310 Å². The predicted octanol–water partition coefficient (Wildman–Crippen LogP) is 13.0. The van der Waals surface area contributed by atoms with Crippen LogP contribution in [0.15, 0.2) is 96.1 Å². The van der Waals surface area contributed by atoms with Crippen molar-refractivity contribution >= 4 is 38.7 Å². The third kappa shape index (κ3) is 5.96. The summed E-state index contributed by atoms with van der Waals surface area (Å²) in [7, 11) is -2.72. The van der Waals surface area contributed by atoms with Crippen molar-refractivity contribution in [2.45, 2.75) is 96.5 Å². The van der Waals surface area contributed by atoms with Crippen LogP contribution in [0.4, 0.5) is 0 Å². The summed E-state index contributed by atoms with van der Waals surface area (Å²) in [6, 6.07) is 34.0. The standard InChI is InChI=1S/C45H54Si2.2CH3.Hf/c1-31(2)29-45(30-32(3)4,37-25-35-13-11-15-41(43(35)27-37)33-17-21-39(22-18-33)46(5,6)7)38-26-36-14-12-16-42(44(36)28-38)34-19-23-40(24-20-34)47(8,9)10;;;/h11-28,31-32H,29-30H2,1-10H3;2*1H3;. The van der Waals surface area contributed by atoms with E-state index in [1.165, 1.54) is 56.6 Å². The number of allylic oxidation sites excluding steroid dienone is 2. The molecule has 260 valence electrons. The van der Waals surface area contributed by atoms with Crippen LogP contribution in [0.3, 0.4) is 0 Å². The first-order valence-corrected chi connectivity index (χ1v) is 37.7. The predicted molar refractivity (Wildman–Crippen MR) is 224 cm³/mol. The molecule has 1 fully saturated rings. The topological polar surface area (TPSA) is 0 Å². The van der Waals surface area contributed by atoms with Crippen LogP contribution < -0.4 is 10.4 Å². The molecule has 0 aromatic heterocycles. The van der Waals surface area contributed by atoms with Gasteiger partial charge in [0, 0.05) is 0 Å². The van der Waals surface area contributed by atoms with Crippen molar-refractivity contribution < 1.29 is 20.0 Å². The van der Waals surface area contributed by atoms with Gasteiger partial charge in [-0.25, -0.2) is 0 Å². The van der Waals surface area contributed by atoms with Crippen molar-refractivity contribution in [1.29, 1.82) is 0 Å². The van der Waals surface area contributed by atoms with Crippen molar-refractivity contribution in [1.82, 2.24) is 0 Å². The normalized spacial score (nSPS) is 20.3. The summed E-state index contributed by atoms with van der Waals surface area (Å²) in [5.74, 6) is 1.23. The van der Waals surface area contributed by atoms with E-state index >= 15 is 0 Å². The molecule has 0 radical (unpaired) electrons.